The van der Waals surface area contributed by atoms with Crippen molar-refractivity contribution in [2.24, 2.45) is 5.92 Å². The third kappa shape index (κ3) is 3.69. The molecule has 1 aliphatic heterocycles. The molecule has 0 aliphatic carbocycles. The lowest BCUT2D eigenvalue weighted by atomic mass is 9.92. The van der Waals surface area contributed by atoms with Crippen LogP contribution in [-0.4, -0.2) is 49.1 Å². The molecule has 19 heavy (non-hydrogen) atoms. The van der Waals surface area contributed by atoms with E-state index in [4.69, 9.17) is 4.74 Å². The fourth-order valence-electron chi connectivity index (χ4n) is 2.49. The van der Waals surface area contributed by atoms with E-state index in [2.05, 4.69) is 5.32 Å². The van der Waals surface area contributed by atoms with Crippen molar-refractivity contribution in [1.29, 1.82) is 0 Å². The van der Waals surface area contributed by atoms with Gasteiger partial charge in [0.1, 0.15) is 12.1 Å². The molecule has 0 aromatic heterocycles. The minimum atomic E-state index is -0.365. The summed E-state index contributed by atoms with van der Waals surface area (Å²) in [5, 5.41) is 2.84. The molecule has 0 bridgehead atoms. The molecule has 5 nitrogen and oxygen atoms in total. The van der Waals surface area contributed by atoms with Gasteiger partial charge in [-0.05, 0) is 18.8 Å². The summed E-state index contributed by atoms with van der Waals surface area (Å²) in [5.41, 5.74) is 0. The molecule has 2 amide bonds. The maximum Gasteiger partial charge on any atom is 0.245 e. The van der Waals surface area contributed by atoms with Gasteiger partial charge in [0, 0.05) is 20.3 Å². The molecule has 5 heteroatoms. The van der Waals surface area contributed by atoms with E-state index in [0.717, 1.165) is 12.8 Å². The summed E-state index contributed by atoms with van der Waals surface area (Å²) in [5.74, 6) is 0.200. The van der Waals surface area contributed by atoms with Gasteiger partial charge in [0.25, 0.3) is 0 Å². The van der Waals surface area contributed by atoms with E-state index >= 15 is 0 Å². The minimum Gasteiger partial charge on any atom is -0.385 e. The highest BCUT2D eigenvalue weighted by Crippen LogP contribution is 2.21. The van der Waals surface area contributed by atoms with Crippen LogP contribution in [0.25, 0.3) is 0 Å². The zero-order chi connectivity index (χ0) is 14.4. The minimum absolute atomic E-state index is 0.0155. The van der Waals surface area contributed by atoms with Crippen LogP contribution in [0.1, 0.15) is 40.0 Å². The Morgan fingerprint density at radius 3 is 2.58 bits per heavy atom. The summed E-state index contributed by atoms with van der Waals surface area (Å²) in [4.78, 5) is 26.4. The molecule has 1 aliphatic rings. The third-order valence-electron chi connectivity index (χ3n) is 3.84. The van der Waals surface area contributed by atoms with Gasteiger partial charge in [-0.3, -0.25) is 9.59 Å². The van der Waals surface area contributed by atoms with Crippen LogP contribution in [0.5, 0.6) is 0 Å². The molecule has 1 fully saturated rings. The lowest BCUT2D eigenvalue weighted by Gasteiger charge is -2.41. The van der Waals surface area contributed by atoms with Crippen molar-refractivity contribution in [3.05, 3.63) is 0 Å². The number of amides is 2. The topological polar surface area (TPSA) is 58.6 Å². The Bertz CT molecular complexity index is 320. The monoisotopic (exact) mass is 270 g/mol. The Labute approximate surface area is 115 Å². The molecule has 0 saturated carbocycles. The van der Waals surface area contributed by atoms with Crippen LogP contribution >= 0.6 is 0 Å². The smallest absolute Gasteiger partial charge is 0.245 e. The molecule has 1 heterocycles. The van der Waals surface area contributed by atoms with Crippen LogP contribution in [0, 0.1) is 5.92 Å². The number of hydrogen-bond donors (Lipinski definition) is 1. The van der Waals surface area contributed by atoms with Crippen molar-refractivity contribution in [3.63, 3.8) is 0 Å². The molecule has 1 rings (SSSR count). The first-order chi connectivity index (χ1) is 9.06. The number of carbonyl (C=O) groups is 2. The average molecular weight is 270 g/mol. The van der Waals surface area contributed by atoms with Gasteiger partial charge in [0.15, 0.2) is 0 Å². The number of ether oxygens (including phenoxy) is 1. The molecule has 0 spiro atoms. The van der Waals surface area contributed by atoms with Crippen LogP contribution < -0.4 is 5.32 Å². The normalized spacial score (nSPS) is 25.4. The van der Waals surface area contributed by atoms with Crippen LogP contribution in [-0.2, 0) is 14.3 Å². The Morgan fingerprint density at radius 1 is 1.37 bits per heavy atom. The van der Waals surface area contributed by atoms with Crippen LogP contribution in [0.3, 0.4) is 0 Å². The first kappa shape index (κ1) is 16.0. The maximum atomic E-state index is 12.4. The quantitative estimate of drug-likeness (QED) is 0.707. The van der Waals surface area contributed by atoms with Crippen LogP contribution in [0.2, 0.25) is 0 Å². The standard InChI is InChI=1S/C14H26N2O3/c1-5-10(3)12-13(17)15-11(6-2)14(18)16(12)8-7-9-19-4/h10-12H,5-9H2,1-4H3,(H,15,17). The van der Waals surface area contributed by atoms with E-state index in [-0.39, 0.29) is 29.8 Å². The molecular weight excluding hydrogens is 244 g/mol. The fourth-order valence-corrected chi connectivity index (χ4v) is 2.49. The third-order valence-corrected chi connectivity index (χ3v) is 3.84. The number of nitrogens with zero attached hydrogens (tertiary/aromatic N) is 1. The van der Waals surface area contributed by atoms with Gasteiger partial charge in [-0.1, -0.05) is 27.2 Å². The van der Waals surface area contributed by atoms with Crippen molar-refractivity contribution < 1.29 is 14.3 Å². The Hall–Kier alpha value is -1.10. The summed E-state index contributed by atoms with van der Waals surface area (Å²) in [6.45, 7) is 7.18. The van der Waals surface area contributed by atoms with Gasteiger partial charge in [-0.2, -0.15) is 0 Å². The molecule has 3 unspecified atom stereocenters. The highest BCUT2D eigenvalue weighted by Gasteiger charge is 2.41. The number of rotatable bonds is 7. The molecule has 0 aromatic rings. The Kier molecular flexibility index (Phi) is 6.28. The Morgan fingerprint density at radius 2 is 2.05 bits per heavy atom. The highest BCUT2D eigenvalue weighted by molar-refractivity contribution is 5.97. The second-order valence-electron chi connectivity index (χ2n) is 5.18. The van der Waals surface area contributed by atoms with Gasteiger partial charge in [-0.25, -0.2) is 0 Å². The summed E-state index contributed by atoms with van der Waals surface area (Å²) < 4.78 is 5.03. The first-order valence-corrected chi connectivity index (χ1v) is 7.16. The largest absolute Gasteiger partial charge is 0.385 e. The van der Waals surface area contributed by atoms with E-state index in [1.54, 1.807) is 12.0 Å². The maximum absolute atomic E-state index is 12.4. The van der Waals surface area contributed by atoms with E-state index in [1.807, 2.05) is 20.8 Å². The summed E-state index contributed by atoms with van der Waals surface area (Å²) in [6, 6.07) is -0.701. The second kappa shape index (κ2) is 7.48. The number of methoxy groups -OCH3 is 1. The van der Waals surface area contributed by atoms with E-state index in [0.29, 0.717) is 19.6 Å². The SMILES string of the molecule is CCC1NC(=O)C(C(C)CC)N(CCCOC)C1=O. The molecule has 0 aromatic carbocycles. The second-order valence-corrected chi connectivity index (χ2v) is 5.18. The molecule has 110 valence electrons. The molecule has 1 saturated heterocycles. The molecule has 3 atom stereocenters. The summed E-state index contributed by atoms with van der Waals surface area (Å²) in [6.07, 6.45) is 2.28. The van der Waals surface area contributed by atoms with Gasteiger partial charge in [-0.15, -0.1) is 0 Å². The van der Waals surface area contributed by atoms with Gasteiger partial charge in [0.2, 0.25) is 11.8 Å². The van der Waals surface area contributed by atoms with Gasteiger partial charge in [0.05, 0.1) is 0 Å². The van der Waals surface area contributed by atoms with E-state index < -0.39 is 0 Å². The van der Waals surface area contributed by atoms with E-state index in [1.165, 1.54) is 0 Å². The number of hydrogen-bond acceptors (Lipinski definition) is 3. The van der Waals surface area contributed by atoms with Gasteiger partial charge >= 0.3 is 0 Å². The van der Waals surface area contributed by atoms with Crippen molar-refractivity contribution in [2.75, 3.05) is 20.3 Å². The predicted octanol–water partition coefficient (Wildman–Crippen LogP) is 1.17. The van der Waals surface area contributed by atoms with E-state index in [9.17, 15) is 9.59 Å². The zero-order valence-electron chi connectivity index (χ0n) is 12.4. The average Bonchev–Trinajstić information content (AvgIpc) is 2.41. The Balaban J connectivity index is 2.84. The van der Waals surface area contributed by atoms with Crippen molar-refractivity contribution >= 4 is 11.8 Å². The van der Waals surface area contributed by atoms with Crippen LogP contribution in [0.4, 0.5) is 0 Å². The van der Waals surface area contributed by atoms with Crippen molar-refractivity contribution in [3.8, 4) is 0 Å². The first-order valence-electron chi connectivity index (χ1n) is 7.16. The molecule has 0 radical (unpaired) electrons. The number of piperazine rings is 1. The zero-order valence-corrected chi connectivity index (χ0v) is 12.4. The summed E-state index contributed by atoms with van der Waals surface area (Å²) in [7, 11) is 1.64. The summed E-state index contributed by atoms with van der Waals surface area (Å²) >= 11 is 0. The van der Waals surface area contributed by atoms with Crippen LogP contribution in [0.15, 0.2) is 0 Å². The molecular formula is C14H26N2O3. The highest BCUT2D eigenvalue weighted by atomic mass is 16.5. The lowest BCUT2D eigenvalue weighted by molar-refractivity contribution is -0.151. The number of nitrogens with one attached hydrogen (secondary N) is 1. The van der Waals surface area contributed by atoms with Crippen molar-refractivity contribution in [2.45, 2.75) is 52.1 Å². The number of carbonyl (C=O) groups excluding carboxylic acids is 2. The fraction of sp³-hybridized carbons (Fsp3) is 0.857. The molecule has 1 N–H and O–H groups in total. The van der Waals surface area contributed by atoms with Crippen molar-refractivity contribution in [1.82, 2.24) is 10.2 Å². The predicted molar refractivity (Wildman–Crippen MR) is 73.7 cm³/mol. The lowest BCUT2D eigenvalue weighted by Crippen LogP contribution is -2.65. The van der Waals surface area contributed by atoms with Gasteiger partial charge < -0.3 is 15.0 Å².